The Labute approximate surface area is 101 Å². The second-order valence-corrected chi connectivity index (χ2v) is 5.53. The van der Waals surface area contributed by atoms with E-state index in [9.17, 15) is 22.0 Å². The van der Waals surface area contributed by atoms with Crippen LogP contribution >= 0.6 is 11.6 Å². The van der Waals surface area contributed by atoms with Gasteiger partial charge in [0.15, 0.2) is 9.84 Å². The third kappa shape index (κ3) is 3.37. The minimum atomic E-state index is -4.29. The second kappa shape index (κ2) is 4.97. The normalized spacial score (nSPS) is 11.8. The number of aromatic carboxylic acids is 1. The van der Waals surface area contributed by atoms with E-state index in [1.165, 1.54) is 0 Å². The largest absolute Gasteiger partial charge is 0.478 e. The number of benzene rings is 1. The van der Waals surface area contributed by atoms with Crippen molar-refractivity contribution in [2.24, 2.45) is 0 Å². The minimum Gasteiger partial charge on any atom is -0.478 e. The Morgan fingerprint density at radius 2 is 2.00 bits per heavy atom. The molecule has 0 aliphatic carbocycles. The molecule has 0 bridgehead atoms. The molecule has 4 nitrogen and oxygen atoms in total. The maximum absolute atomic E-state index is 12.1. The highest BCUT2D eigenvalue weighted by Gasteiger charge is 2.24. The summed E-state index contributed by atoms with van der Waals surface area (Å²) in [6.45, 7) is 0. The molecule has 0 saturated heterocycles. The molecule has 0 heterocycles. The van der Waals surface area contributed by atoms with E-state index >= 15 is 0 Å². The number of carbonyl (C=O) groups is 1. The molecule has 17 heavy (non-hydrogen) atoms. The topological polar surface area (TPSA) is 71.4 Å². The lowest BCUT2D eigenvalue weighted by atomic mass is 10.2. The van der Waals surface area contributed by atoms with Crippen LogP contribution < -0.4 is 0 Å². The van der Waals surface area contributed by atoms with Crippen LogP contribution in [-0.2, 0) is 9.84 Å². The number of hydrogen-bond acceptors (Lipinski definition) is 3. The van der Waals surface area contributed by atoms with Gasteiger partial charge in [0.1, 0.15) is 5.75 Å². The van der Waals surface area contributed by atoms with Crippen molar-refractivity contribution in [3.8, 4) is 0 Å². The van der Waals surface area contributed by atoms with Crippen molar-refractivity contribution in [1.29, 1.82) is 0 Å². The molecule has 0 saturated carbocycles. The summed E-state index contributed by atoms with van der Waals surface area (Å²) in [5, 5.41) is 8.38. The van der Waals surface area contributed by atoms with E-state index in [1.807, 2.05) is 0 Å². The van der Waals surface area contributed by atoms with E-state index < -0.39 is 32.9 Å². The van der Waals surface area contributed by atoms with Crippen LogP contribution in [0.15, 0.2) is 23.1 Å². The zero-order valence-electron chi connectivity index (χ0n) is 8.23. The van der Waals surface area contributed by atoms with Crippen molar-refractivity contribution < 1.29 is 27.1 Å². The van der Waals surface area contributed by atoms with Gasteiger partial charge in [-0.3, -0.25) is 0 Å². The van der Waals surface area contributed by atoms with E-state index in [4.69, 9.17) is 16.7 Å². The van der Waals surface area contributed by atoms with Crippen molar-refractivity contribution in [2.75, 3.05) is 5.75 Å². The first kappa shape index (κ1) is 13.9. The zero-order valence-corrected chi connectivity index (χ0v) is 9.80. The van der Waals surface area contributed by atoms with Gasteiger partial charge in [0.05, 0.1) is 15.5 Å². The van der Waals surface area contributed by atoms with E-state index in [0.717, 1.165) is 18.2 Å². The standard InChI is InChI=1S/C9H7ClF2O4S/c10-6-2-1-5(9(13)14)3-7(6)17(15,16)4-8(11)12/h1-3,8H,4H2,(H,13,14). The molecular weight excluding hydrogens is 278 g/mol. The Hall–Kier alpha value is -1.21. The number of rotatable bonds is 4. The van der Waals surface area contributed by atoms with Gasteiger partial charge in [-0.1, -0.05) is 11.6 Å². The monoisotopic (exact) mass is 284 g/mol. The van der Waals surface area contributed by atoms with Gasteiger partial charge in [0.2, 0.25) is 0 Å². The molecule has 0 aromatic heterocycles. The predicted molar refractivity (Wildman–Crippen MR) is 56.5 cm³/mol. The van der Waals surface area contributed by atoms with Crippen LogP contribution in [0.3, 0.4) is 0 Å². The first-order valence-corrected chi connectivity index (χ1v) is 6.31. The van der Waals surface area contributed by atoms with Gasteiger partial charge in [-0.05, 0) is 18.2 Å². The fourth-order valence-electron chi connectivity index (χ4n) is 1.13. The minimum absolute atomic E-state index is 0.282. The summed E-state index contributed by atoms with van der Waals surface area (Å²) >= 11 is 5.55. The van der Waals surface area contributed by atoms with E-state index in [2.05, 4.69) is 0 Å². The lowest BCUT2D eigenvalue weighted by Crippen LogP contribution is -2.14. The molecule has 0 aliphatic rings. The summed E-state index contributed by atoms with van der Waals surface area (Å²) in [7, 11) is -4.29. The van der Waals surface area contributed by atoms with Gasteiger partial charge < -0.3 is 5.11 Å². The molecule has 0 aliphatic heterocycles. The van der Waals surface area contributed by atoms with Gasteiger partial charge in [0.25, 0.3) is 6.43 Å². The Morgan fingerprint density at radius 3 is 2.47 bits per heavy atom. The highest BCUT2D eigenvalue weighted by molar-refractivity contribution is 7.91. The van der Waals surface area contributed by atoms with Crippen LogP contribution in [0.4, 0.5) is 8.78 Å². The quantitative estimate of drug-likeness (QED) is 0.919. The maximum Gasteiger partial charge on any atom is 0.335 e. The Kier molecular flexibility index (Phi) is 4.05. The summed E-state index contributed by atoms with van der Waals surface area (Å²) in [5.41, 5.74) is -0.331. The van der Waals surface area contributed by atoms with Gasteiger partial charge in [-0.25, -0.2) is 22.0 Å². The number of alkyl halides is 2. The molecular formula is C9H7ClF2O4S. The molecule has 1 N–H and O–H groups in total. The molecule has 8 heteroatoms. The number of sulfone groups is 1. The van der Waals surface area contributed by atoms with Crippen LogP contribution in [0.25, 0.3) is 0 Å². The molecule has 0 radical (unpaired) electrons. The number of hydrogen-bond donors (Lipinski definition) is 1. The Bertz CT molecular complexity index is 542. The highest BCUT2D eigenvalue weighted by Crippen LogP contribution is 2.24. The fraction of sp³-hybridized carbons (Fsp3) is 0.222. The maximum atomic E-state index is 12.1. The number of carboxylic acid groups (broad SMARTS) is 1. The molecule has 1 aromatic rings. The lowest BCUT2D eigenvalue weighted by molar-refractivity contribution is 0.0696. The predicted octanol–water partition coefficient (Wildman–Crippen LogP) is 2.08. The highest BCUT2D eigenvalue weighted by atomic mass is 35.5. The summed E-state index contributed by atoms with van der Waals surface area (Å²) in [6.07, 6.45) is -3.05. The van der Waals surface area contributed by atoms with Crippen molar-refractivity contribution in [2.45, 2.75) is 11.3 Å². The van der Waals surface area contributed by atoms with Crippen LogP contribution in [0.2, 0.25) is 5.02 Å². The number of halogens is 3. The Morgan fingerprint density at radius 1 is 1.41 bits per heavy atom. The van der Waals surface area contributed by atoms with Gasteiger partial charge >= 0.3 is 5.97 Å². The van der Waals surface area contributed by atoms with Crippen LogP contribution in [0.1, 0.15) is 10.4 Å². The van der Waals surface area contributed by atoms with Crippen molar-refractivity contribution in [3.05, 3.63) is 28.8 Å². The first-order valence-electron chi connectivity index (χ1n) is 4.28. The van der Waals surface area contributed by atoms with Gasteiger partial charge in [-0.2, -0.15) is 0 Å². The summed E-state index contributed by atoms with van der Waals surface area (Å²) in [4.78, 5) is 10.0. The molecule has 94 valence electrons. The zero-order chi connectivity index (χ0) is 13.2. The molecule has 0 amide bonds. The first-order chi connectivity index (χ1) is 7.74. The molecule has 1 rings (SSSR count). The summed E-state index contributed by atoms with van der Waals surface area (Å²) in [6, 6.07) is 2.90. The molecule has 0 atom stereocenters. The van der Waals surface area contributed by atoms with Gasteiger partial charge in [0, 0.05) is 0 Å². The average molecular weight is 285 g/mol. The fourth-order valence-corrected chi connectivity index (χ4v) is 2.78. The average Bonchev–Trinajstić information content (AvgIpc) is 2.15. The number of carboxylic acids is 1. The van der Waals surface area contributed by atoms with Crippen molar-refractivity contribution in [3.63, 3.8) is 0 Å². The summed E-state index contributed by atoms with van der Waals surface area (Å²) < 4.78 is 47.1. The Balaban J connectivity index is 3.30. The van der Waals surface area contributed by atoms with Crippen molar-refractivity contribution >= 4 is 27.4 Å². The van der Waals surface area contributed by atoms with Crippen LogP contribution in [0, 0.1) is 0 Å². The molecule has 0 spiro atoms. The van der Waals surface area contributed by atoms with E-state index in [1.54, 1.807) is 0 Å². The van der Waals surface area contributed by atoms with Crippen LogP contribution in [-0.4, -0.2) is 31.7 Å². The summed E-state index contributed by atoms with van der Waals surface area (Å²) in [5.74, 6) is -2.76. The third-order valence-electron chi connectivity index (χ3n) is 1.86. The van der Waals surface area contributed by atoms with Crippen molar-refractivity contribution in [1.82, 2.24) is 0 Å². The smallest absolute Gasteiger partial charge is 0.335 e. The third-order valence-corrected chi connectivity index (χ3v) is 4.00. The molecule has 0 unspecified atom stereocenters. The SMILES string of the molecule is O=C(O)c1ccc(Cl)c(S(=O)(=O)CC(F)F)c1. The van der Waals surface area contributed by atoms with E-state index in [0.29, 0.717) is 0 Å². The molecule has 0 fully saturated rings. The van der Waals surface area contributed by atoms with E-state index in [-0.39, 0.29) is 10.6 Å². The lowest BCUT2D eigenvalue weighted by Gasteiger charge is -2.06. The molecule has 1 aromatic carbocycles. The second-order valence-electron chi connectivity index (χ2n) is 3.12. The van der Waals surface area contributed by atoms with Gasteiger partial charge in [-0.15, -0.1) is 0 Å². The van der Waals surface area contributed by atoms with Crippen LogP contribution in [0.5, 0.6) is 0 Å².